The molecule has 1 heterocycles. The van der Waals surface area contributed by atoms with E-state index in [2.05, 4.69) is 17.6 Å². The van der Waals surface area contributed by atoms with Crippen LogP contribution < -0.4 is 15.5 Å². The van der Waals surface area contributed by atoms with Gasteiger partial charge in [0.2, 0.25) is 0 Å². The number of anilines is 1. The summed E-state index contributed by atoms with van der Waals surface area (Å²) in [6, 6.07) is 7.73. The van der Waals surface area contributed by atoms with Crippen molar-refractivity contribution in [1.82, 2.24) is 10.6 Å². The van der Waals surface area contributed by atoms with Crippen LogP contribution in [0.1, 0.15) is 30.1 Å². The molecule has 0 unspecified atom stereocenters. The quantitative estimate of drug-likeness (QED) is 0.897. The Kier molecular flexibility index (Phi) is 5.84. The lowest BCUT2D eigenvalue weighted by Crippen LogP contribution is -2.52. The van der Waals surface area contributed by atoms with E-state index in [1.807, 2.05) is 43.3 Å². The van der Waals surface area contributed by atoms with Crippen LogP contribution in [0, 0.1) is 0 Å². The molecule has 0 aliphatic carbocycles. The lowest BCUT2D eigenvalue weighted by atomic mass is 9.90. The second-order valence-electron chi connectivity index (χ2n) is 5.71. The van der Waals surface area contributed by atoms with Gasteiger partial charge in [-0.25, -0.2) is 0 Å². The summed E-state index contributed by atoms with van der Waals surface area (Å²) >= 11 is 0. The summed E-state index contributed by atoms with van der Waals surface area (Å²) in [6.07, 6.45) is 1.96. The van der Waals surface area contributed by atoms with Gasteiger partial charge in [-0.05, 0) is 51.1 Å². The van der Waals surface area contributed by atoms with Crippen molar-refractivity contribution in [3.8, 4) is 0 Å². The van der Waals surface area contributed by atoms with Crippen molar-refractivity contribution < 1.29 is 4.79 Å². The maximum absolute atomic E-state index is 12.3. The first-order valence-corrected chi connectivity index (χ1v) is 6.81. The van der Waals surface area contributed by atoms with Gasteiger partial charge in [0.15, 0.2) is 0 Å². The van der Waals surface area contributed by atoms with E-state index in [4.69, 9.17) is 0 Å². The van der Waals surface area contributed by atoms with E-state index in [-0.39, 0.29) is 23.9 Å². The molecule has 1 fully saturated rings. The van der Waals surface area contributed by atoms with Crippen molar-refractivity contribution in [1.29, 1.82) is 0 Å². The fraction of sp³-hybridized carbons (Fsp3) is 0.533. The molecule has 5 heteroatoms. The molecule has 1 aromatic rings. The molecule has 0 aromatic heterocycles. The highest BCUT2D eigenvalue weighted by Gasteiger charge is 2.28. The smallest absolute Gasteiger partial charge is 0.251 e. The zero-order chi connectivity index (χ0) is 13.9. The fourth-order valence-electron chi connectivity index (χ4n) is 2.38. The largest absolute Gasteiger partial charge is 0.378 e. The topological polar surface area (TPSA) is 44.4 Å². The number of rotatable bonds is 3. The summed E-state index contributed by atoms with van der Waals surface area (Å²) in [4.78, 5) is 14.3. The van der Waals surface area contributed by atoms with E-state index in [0.717, 1.165) is 37.2 Å². The molecular formula is C15H24ClN3O. The Morgan fingerprint density at radius 2 is 1.95 bits per heavy atom. The molecule has 0 saturated carbocycles. The lowest BCUT2D eigenvalue weighted by molar-refractivity contribution is 0.0887. The first-order chi connectivity index (χ1) is 9.00. The van der Waals surface area contributed by atoms with Crippen molar-refractivity contribution in [2.45, 2.75) is 25.3 Å². The predicted molar refractivity (Wildman–Crippen MR) is 86.0 cm³/mol. The van der Waals surface area contributed by atoms with Crippen LogP contribution in [0.2, 0.25) is 0 Å². The Balaban J connectivity index is 0.00000200. The molecule has 1 aromatic carbocycles. The minimum Gasteiger partial charge on any atom is -0.378 e. The van der Waals surface area contributed by atoms with Crippen molar-refractivity contribution in [3.63, 3.8) is 0 Å². The van der Waals surface area contributed by atoms with Crippen LogP contribution in [0.3, 0.4) is 0 Å². The number of amides is 1. The highest BCUT2D eigenvalue weighted by atomic mass is 35.5. The van der Waals surface area contributed by atoms with Gasteiger partial charge in [-0.15, -0.1) is 12.4 Å². The summed E-state index contributed by atoms with van der Waals surface area (Å²) in [5.74, 6) is 0.0214. The third kappa shape index (κ3) is 4.12. The molecule has 0 radical (unpaired) electrons. The van der Waals surface area contributed by atoms with Crippen LogP contribution in [0.4, 0.5) is 5.69 Å². The number of piperidine rings is 1. The van der Waals surface area contributed by atoms with Crippen LogP contribution in [0.25, 0.3) is 0 Å². The number of carbonyl (C=O) groups excluding carboxylic acids is 1. The number of benzene rings is 1. The van der Waals surface area contributed by atoms with Gasteiger partial charge in [0.1, 0.15) is 0 Å². The number of halogens is 1. The molecule has 4 nitrogen and oxygen atoms in total. The molecular weight excluding hydrogens is 274 g/mol. The Bertz CT molecular complexity index is 456. The summed E-state index contributed by atoms with van der Waals surface area (Å²) in [5.41, 5.74) is 1.69. The fourth-order valence-corrected chi connectivity index (χ4v) is 2.38. The summed E-state index contributed by atoms with van der Waals surface area (Å²) in [7, 11) is 3.95. The molecule has 1 saturated heterocycles. The monoisotopic (exact) mass is 297 g/mol. The molecule has 1 aliphatic heterocycles. The standard InChI is InChI=1S/C15H23N3O.ClH/c1-15(7-9-16-10-8-15)17-14(19)12-5-4-6-13(11-12)18(2)3;/h4-6,11,16H,7-10H2,1-3H3,(H,17,19);1H. The first-order valence-electron chi connectivity index (χ1n) is 6.81. The number of carbonyl (C=O) groups is 1. The lowest BCUT2D eigenvalue weighted by Gasteiger charge is -2.35. The summed E-state index contributed by atoms with van der Waals surface area (Å²) in [5, 5.41) is 6.50. The van der Waals surface area contributed by atoms with E-state index in [1.54, 1.807) is 0 Å². The minimum absolute atomic E-state index is 0. The molecule has 0 atom stereocenters. The Morgan fingerprint density at radius 3 is 2.55 bits per heavy atom. The van der Waals surface area contributed by atoms with Crippen molar-refractivity contribution in [2.75, 3.05) is 32.1 Å². The van der Waals surface area contributed by atoms with Gasteiger partial charge in [0.25, 0.3) is 5.91 Å². The van der Waals surface area contributed by atoms with Crippen LogP contribution in [-0.2, 0) is 0 Å². The molecule has 1 amide bonds. The summed E-state index contributed by atoms with van der Waals surface area (Å²) < 4.78 is 0. The molecule has 2 N–H and O–H groups in total. The Labute approximate surface area is 127 Å². The second kappa shape index (κ2) is 6.95. The molecule has 0 bridgehead atoms. The van der Waals surface area contributed by atoms with Gasteiger partial charge in [0.05, 0.1) is 0 Å². The molecule has 20 heavy (non-hydrogen) atoms. The van der Waals surface area contributed by atoms with Gasteiger partial charge in [-0.3, -0.25) is 4.79 Å². The van der Waals surface area contributed by atoms with E-state index in [1.165, 1.54) is 0 Å². The van der Waals surface area contributed by atoms with Crippen molar-refractivity contribution >= 4 is 24.0 Å². The third-order valence-electron chi connectivity index (χ3n) is 3.75. The number of nitrogens with zero attached hydrogens (tertiary/aromatic N) is 1. The van der Waals surface area contributed by atoms with Crippen LogP contribution in [-0.4, -0.2) is 38.6 Å². The highest BCUT2D eigenvalue weighted by Crippen LogP contribution is 2.19. The van der Waals surface area contributed by atoms with Crippen molar-refractivity contribution in [2.24, 2.45) is 0 Å². The van der Waals surface area contributed by atoms with Gasteiger partial charge >= 0.3 is 0 Å². The molecule has 112 valence electrons. The van der Waals surface area contributed by atoms with Crippen LogP contribution in [0.15, 0.2) is 24.3 Å². The molecule has 0 spiro atoms. The highest BCUT2D eigenvalue weighted by molar-refractivity contribution is 5.95. The average Bonchev–Trinajstić information content (AvgIpc) is 2.39. The number of hydrogen-bond acceptors (Lipinski definition) is 3. The normalized spacial score (nSPS) is 16.9. The van der Waals surface area contributed by atoms with Crippen LogP contribution in [0.5, 0.6) is 0 Å². The van der Waals surface area contributed by atoms with E-state index in [9.17, 15) is 4.79 Å². The van der Waals surface area contributed by atoms with Gasteiger partial charge in [0, 0.05) is 30.9 Å². The maximum Gasteiger partial charge on any atom is 0.251 e. The third-order valence-corrected chi connectivity index (χ3v) is 3.75. The Hall–Kier alpha value is -1.26. The molecule has 2 rings (SSSR count). The number of nitrogens with one attached hydrogen (secondary N) is 2. The zero-order valence-corrected chi connectivity index (χ0v) is 13.2. The van der Waals surface area contributed by atoms with Crippen molar-refractivity contribution in [3.05, 3.63) is 29.8 Å². The van der Waals surface area contributed by atoms with Gasteiger partial charge in [-0.1, -0.05) is 6.07 Å². The van der Waals surface area contributed by atoms with Gasteiger partial charge in [-0.2, -0.15) is 0 Å². The summed E-state index contributed by atoms with van der Waals surface area (Å²) in [6.45, 7) is 4.06. The minimum atomic E-state index is -0.0869. The van der Waals surface area contributed by atoms with E-state index >= 15 is 0 Å². The molecule has 1 aliphatic rings. The van der Waals surface area contributed by atoms with E-state index in [0.29, 0.717) is 0 Å². The average molecular weight is 298 g/mol. The first kappa shape index (κ1) is 16.8. The SMILES string of the molecule is CN(C)c1cccc(C(=O)NC2(C)CCNCC2)c1.Cl. The zero-order valence-electron chi connectivity index (χ0n) is 12.4. The van der Waals surface area contributed by atoms with Crippen LogP contribution >= 0.6 is 12.4 Å². The predicted octanol–water partition coefficient (Wildman–Crippen LogP) is 2.05. The Morgan fingerprint density at radius 1 is 1.30 bits per heavy atom. The van der Waals surface area contributed by atoms with Gasteiger partial charge < -0.3 is 15.5 Å². The number of hydrogen-bond donors (Lipinski definition) is 2. The second-order valence-corrected chi connectivity index (χ2v) is 5.71. The maximum atomic E-state index is 12.3. The van der Waals surface area contributed by atoms with E-state index < -0.39 is 0 Å².